The Balaban J connectivity index is 1.33. The van der Waals surface area contributed by atoms with Crippen LogP contribution < -0.4 is 0 Å². The Labute approximate surface area is 231 Å². The summed E-state index contributed by atoms with van der Waals surface area (Å²) < 4.78 is 17.0. The fraction of sp³-hybridized carbons (Fsp3) is 0.387. The van der Waals surface area contributed by atoms with Crippen LogP contribution in [-0.2, 0) is 6.42 Å². The van der Waals surface area contributed by atoms with Crippen molar-refractivity contribution in [1.82, 2.24) is 24.5 Å². The number of carboxylic acid groups (broad SMARTS) is 1. The molecule has 8 nitrogen and oxygen atoms in total. The van der Waals surface area contributed by atoms with E-state index in [0.29, 0.717) is 40.3 Å². The maximum atomic E-state index is 15.3. The number of likely N-dealkylation sites (tertiary alicyclic amines) is 1. The molecule has 1 saturated heterocycles. The lowest BCUT2D eigenvalue weighted by atomic mass is 9.68. The monoisotopic (exact) mass is 541 g/mol. The number of fused-ring (bicyclic) bond motifs is 2. The summed E-state index contributed by atoms with van der Waals surface area (Å²) in [6, 6.07) is 11.3. The van der Waals surface area contributed by atoms with Crippen LogP contribution in [0.1, 0.15) is 73.5 Å². The van der Waals surface area contributed by atoms with Crippen molar-refractivity contribution in [3.05, 3.63) is 71.4 Å². The zero-order valence-corrected chi connectivity index (χ0v) is 23.1. The lowest BCUT2D eigenvalue weighted by Gasteiger charge is -2.36. The summed E-state index contributed by atoms with van der Waals surface area (Å²) >= 11 is 0. The smallest absolute Gasteiger partial charge is 0.337 e. The first kappa shape index (κ1) is 26.1. The number of pyridine rings is 1. The highest BCUT2D eigenvalue weighted by Crippen LogP contribution is 2.60. The predicted molar refractivity (Wildman–Crippen MR) is 149 cm³/mol. The summed E-state index contributed by atoms with van der Waals surface area (Å²) in [7, 11) is 0. The molecule has 206 valence electrons. The highest BCUT2D eigenvalue weighted by atomic mass is 19.1. The van der Waals surface area contributed by atoms with Crippen LogP contribution in [0.5, 0.6) is 0 Å². The van der Waals surface area contributed by atoms with Gasteiger partial charge in [-0.05, 0) is 67.3 Å². The minimum absolute atomic E-state index is 0.0630. The molecule has 2 aliphatic rings. The zero-order valence-electron chi connectivity index (χ0n) is 23.1. The number of halogens is 1. The van der Waals surface area contributed by atoms with E-state index >= 15 is 4.39 Å². The minimum Gasteiger partial charge on any atom is -0.478 e. The molecule has 2 fully saturated rings. The Kier molecular flexibility index (Phi) is 6.01. The van der Waals surface area contributed by atoms with Crippen molar-refractivity contribution in [2.24, 2.45) is 10.8 Å². The molecular weight excluding hydrogens is 509 g/mol. The molecule has 40 heavy (non-hydrogen) atoms. The normalized spacial score (nSPS) is 24.0. The molecule has 0 spiro atoms. The van der Waals surface area contributed by atoms with E-state index in [9.17, 15) is 9.59 Å². The molecule has 6 rings (SSSR count). The van der Waals surface area contributed by atoms with Crippen LogP contribution in [0.25, 0.3) is 28.2 Å². The van der Waals surface area contributed by atoms with Crippen LogP contribution in [0.3, 0.4) is 0 Å². The fourth-order valence-corrected chi connectivity index (χ4v) is 6.76. The van der Waals surface area contributed by atoms with Crippen molar-refractivity contribution in [3.8, 4) is 22.5 Å². The average molecular weight is 542 g/mol. The van der Waals surface area contributed by atoms with Crippen molar-refractivity contribution < 1.29 is 19.1 Å². The van der Waals surface area contributed by atoms with Gasteiger partial charge in [0.25, 0.3) is 5.91 Å². The minimum atomic E-state index is -1.07. The van der Waals surface area contributed by atoms with Gasteiger partial charge in [0.1, 0.15) is 11.5 Å². The van der Waals surface area contributed by atoms with E-state index in [-0.39, 0.29) is 28.3 Å². The van der Waals surface area contributed by atoms with Crippen LogP contribution in [0, 0.1) is 16.6 Å². The van der Waals surface area contributed by atoms with Gasteiger partial charge in [-0.2, -0.15) is 5.10 Å². The molecule has 0 bridgehead atoms. The number of hydrogen-bond donors (Lipinski definition) is 1. The second-order valence-corrected chi connectivity index (χ2v) is 11.7. The number of carbonyl (C=O) groups excluding carboxylic acids is 1. The lowest BCUT2D eigenvalue weighted by molar-refractivity contribution is 0.0682. The highest BCUT2D eigenvalue weighted by Gasteiger charge is 2.59. The summed E-state index contributed by atoms with van der Waals surface area (Å²) in [6.07, 6.45) is 5.34. The van der Waals surface area contributed by atoms with E-state index < -0.39 is 11.8 Å². The lowest BCUT2D eigenvalue weighted by Crippen LogP contribution is -2.40. The van der Waals surface area contributed by atoms with Gasteiger partial charge in [-0.1, -0.05) is 33.3 Å². The largest absolute Gasteiger partial charge is 0.478 e. The number of carboxylic acids is 1. The SMILES string of the molecule is CCc1cc(C(=O)N2C[C@]3(C)CCC[C@]3(C)[C@H]2C)nc2cc(-c3ccc(-c4ccc(C(=O)O)cn4)cc3F)nn12. The number of carbonyl (C=O) groups is 2. The summed E-state index contributed by atoms with van der Waals surface area (Å²) in [4.78, 5) is 35.7. The Bertz CT molecular complexity index is 1670. The molecule has 1 aromatic carbocycles. The molecule has 1 amide bonds. The molecule has 0 unspecified atom stereocenters. The number of hydrogen-bond acceptors (Lipinski definition) is 5. The fourth-order valence-electron chi connectivity index (χ4n) is 6.76. The van der Waals surface area contributed by atoms with Gasteiger partial charge in [0.05, 0.1) is 17.0 Å². The maximum absolute atomic E-state index is 15.3. The molecule has 1 aliphatic carbocycles. The molecule has 9 heteroatoms. The van der Waals surface area contributed by atoms with Gasteiger partial charge < -0.3 is 10.0 Å². The molecule has 4 heterocycles. The summed E-state index contributed by atoms with van der Waals surface area (Å²) in [5.41, 5.74) is 3.68. The van der Waals surface area contributed by atoms with Crippen molar-refractivity contribution >= 4 is 17.5 Å². The van der Waals surface area contributed by atoms with Crippen LogP contribution in [0.4, 0.5) is 4.39 Å². The average Bonchev–Trinajstić information content (AvgIpc) is 3.56. The van der Waals surface area contributed by atoms with E-state index in [0.717, 1.165) is 25.1 Å². The second kappa shape index (κ2) is 9.21. The standard InChI is InChI=1S/C31H32FN5O3/c1-5-21-14-26(28(38)36-17-30(3)11-6-12-31(30,4)18(36)2)34-27-15-25(35-37(21)27)22-9-7-19(13-23(22)32)24-10-8-20(16-33-24)29(39)40/h7-10,13-16,18H,5-6,11-12,17H2,1-4H3,(H,39,40)/t18-,30+,31-/m1/s1. The van der Waals surface area contributed by atoms with Gasteiger partial charge in [-0.25, -0.2) is 18.7 Å². The number of rotatable bonds is 5. The number of nitrogens with zero attached hydrogens (tertiary/aromatic N) is 5. The molecule has 1 aliphatic heterocycles. The van der Waals surface area contributed by atoms with Crippen molar-refractivity contribution in [2.45, 2.75) is 59.4 Å². The van der Waals surface area contributed by atoms with E-state index in [1.54, 1.807) is 28.8 Å². The quantitative estimate of drug-likeness (QED) is 0.338. The summed E-state index contributed by atoms with van der Waals surface area (Å²) in [5.74, 6) is -1.63. The number of aryl methyl sites for hydroxylation is 1. The van der Waals surface area contributed by atoms with Crippen LogP contribution in [-0.4, -0.2) is 54.1 Å². The number of aromatic nitrogens is 4. The Morgan fingerprint density at radius 2 is 1.90 bits per heavy atom. The van der Waals surface area contributed by atoms with Crippen molar-refractivity contribution in [2.75, 3.05) is 6.54 Å². The van der Waals surface area contributed by atoms with Gasteiger partial charge in [0, 0.05) is 41.7 Å². The molecule has 1 saturated carbocycles. The number of benzene rings is 1. The highest BCUT2D eigenvalue weighted by molar-refractivity contribution is 5.93. The van der Waals surface area contributed by atoms with Crippen molar-refractivity contribution in [3.63, 3.8) is 0 Å². The number of amides is 1. The Morgan fingerprint density at radius 3 is 2.55 bits per heavy atom. The first-order valence-electron chi connectivity index (χ1n) is 13.7. The number of aromatic carboxylic acids is 1. The third kappa shape index (κ3) is 3.90. The van der Waals surface area contributed by atoms with E-state index in [2.05, 4.69) is 30.9 Å². The molecule has 1 N–H and O–H groups in total. The van der Waals surface area contributed by atoms with E-state index in [1.807, 2.05) is 17.9 Å². The first-order valence-corrected chi connectivity index (χ1v) is 13.7. The van der Waals surface area contributed by atoms with E-state index in [4.69, 9.17) is 10.1 Å². The molecule has 3 atom stereocenters. The van der Waals surface area contributed by atoms with Gasteiger partial charge >= 0.3 is 5.97 Å². The second-order valence-electron chi connectivity index (χ2n) is 11.7. The van der Waals surface area contributed by atoms with Crippen molar-refractivity contribution in [1.29, 1.82) is 0 Å². The predicted octanol–water partition coefficient (Wildman–Crippen LogP) is 5.90. The molecule has 4 aromatic rings. The third-order valence-corrected chi connectivity index (χ3v) is 9.61. The first-order chi connectivity index (χ1) is 19.0. The zero-order chi connectivity index (χ0) is 28.4. The van der Waals surface area contributed by atoms with Gasteiger partial charge in [-0.15, -0.1) is 0 Å². The molecule has 0 radical (unpaired) electrons. The Hall–Kier alpha value is -4.14. The topological polar surface area (TPSA) is 101 Å². The Morgan fingerprint density at radius 1 is 1.10 bits per heavy atom. The van der Waals surface area contributed by atoms with Gasteiger partial charge in [0.2, 0.25) is 0 Å². The summed E-state index contributed by atoms with van der Waals surface area (Å²) in [6.45, 7) is 9.51. The third-order valence-electron chi connectivity index (χ3n) is 9.61. The molecular formula is C31H32FN5O3. The maximum Gasteiger partial charge on any atom is 0.337 e. The van der Waals surface area contributed by atoms with Gasteiger partial charge in [0.15, 0.2) is 5.65 Å². The van der Waals surface area contributed by atoms with Crippen LogP contribution >= 0.6 is 0 Å². The van der Waals surface area contributed by atoms with Crippen LogP contribution in [0.15, 0.2) is 48.7 Å². The van der Waals surface area contributed by atoms with Gasteiger partial charge in [-0.3, -0.25) is 9.78 Å². The van der Waals surface area contributed by atoms with E-state index in [1.165, 1.54) is 24.8 Å². The summed E-state index contributed by atoms with van der Waals surface area (Å²) in [5, 5.41) is 13.7. The van der Waals surface area contributed by atoms with Crippen LogP contribution in [0.2, 0.25) is 0 Å². The molecule has 3 aromatic heterocycles.